The van der Waals surface area contributed by atoms with Crippen LogP contribution in [0.25, 0.3) is 0 Å². The summed E-state index contributed by atoms with van der Waals surface area (Å²) in [6, 6.07) is 4.50. The lowest BCUT2D eigenvalue weighted by atomic mass is 9.93. The van der Waals surface area contributed by atoms with E-state index in [0.29, 0.717) is 12.6 Å². The Morgan fingerprint density at radius 3 is 2.12 bits per heavy atom. The van der Waals surface area contributed by atoms with Crippen molar-refractivity contribution in [2.45, 2.75) is 18.6 Å². The van der Waals surface area contributed by atoms with E-state index >= 15 is 0 Å². The third-order valence-electron chi connectivity index (χ3n) is 2.49. The molecule has 0 aliphatic rings. The minimum absolute atomic E-state index is 0.148. The molecular formula is C12H13ClO4. The van der Waals surface area contributed by atoms with Gasteiger partial charge in [-0.15, -0.1) is 11.6 Å². The topological polar surface area (TPSA) is 74.6 Å². The molecule has 2 N–H and O–H groups in total. The smallest absolute Gasteiger partial charge is 0.150 e. The molecule has 5 heteroatoms. The summed E-state index contributed by atoms with van der Waals surface area (Å²) >= 11 is 5.47. The number of halogens is 1. The molecule has 0 aliphatic heterocycles. The normalized spacial score (nSPS) is 14.1. The predicted molar refractivity (Wildman–Crippen MR) is 63.5 cm³/mol. The second-order valence-electron chi connectivity index (χ2n) is 3.58. The molecule has 2 atom stereocenters. The zero-order chi connectivity index (χ0) is 12.8. The summed E-state index contributed by atoms with van der Waals surface area (Å²) in [6.45, 7) is 0. The molecular weight excluding hydrogens is 244 g/mol. The van der Waals surface area contributed by atoms with Gasteiger partial charge in [-0.3, -0.25) is 9.59 Å². The van der Waals surface area contributed by atoms with Gasteiger partial charge >= 0.3 is 0 Å². The average Bonchev–Trinajstić information content (AvgIpc) is 2.37. The summed E-state index contributed by atoms with van der Waals surface area (Å²) in [5.41, 5.74) is 0.529. The van der Waals surface area contributed by atoms with Crippen molar-refractivity contribution in [2.75, 3.05) is 5.88 Å². The van der Waals surface area contributed by atoms with Gasteiger partial charge in [0.15, 0.2) is 0 Å². The first kappa shape index (κ1) is 13.8. The molecule has 1 rings (SSSR count). The molecule has 0 aliphatic carbocycles. The lowest BCUT2D eigenvalue weighted by Crippen LogP contribution is -2.21. The maximum Gasteiger partial charge on any atom is 0.150 e. The van der Waals surface area contributed by atoms with Gasteiger partial charge in [-0.05, 0) is 6.42 Å². The van der Waals surface area contributed by atoms with Crippen LogP contribution in [-0.2, 0) is 0 Å². The first-order valence-electron chi connectivity index (χ1n) is 5.11. The van der Waals surface area contributed by atoms with E-state index in [2.05, 4.69) is 0 Å². The Hall–Kier alpha value is -1.23. The quantitative estimate of drug-likeness (QED) is 0.595. The van der Waals surface area contributed by atoms with Crippen LogP contribution < -0.4 is 0 Å². The molecule has 0 saturated carbocycles. The third-order valence-corrected chi connectivity index (χ3v) is 2.71. The molecule has 0 amide bonds. The Kier molecular flexibility index (Phi) is 5.28. The number of carbonyl (C=O) groups excluding carboxylic acids is 2. The van der Waals surface area contributed by atoms with Crippen LogP contribution in [0.15, 0.2) is 18.2 Å². The van der Waals surface area contributed by atoms with Crippen molar-refractivity contribution in [1.82, 2.24) is 0 Å². The highest BCUT2D eigenvalue weighted by atomic mass is 35.5. The molecule has 1 aromatic rings. The van der Waals surface area contributed by atoms with Gasteiger partial charge in [0.25, 0.3) is 0 Å². The lowest BCUT2D eigenvalue weighted by molar-refractivity contribution is 0.0163. The summed E-state index contributed by atoms with van der Waals surface area (Å²) < 4.78 is 0. The number of rotatable bonds is 6. The second kappa shape index (κ2) is 6.49. The van der Waals surface area contributed by atoms with Gasteiger partial charge in [0.2, 0.25) is 0 Å². The van der Waals surface area contributed by atoms with E-state index in [9.17, 15) is 19.8 Å². The lowest BCUT2D eigenvalue weighted by Gasteiger charge is -2.20. The third kappa shape index (κ3) is 3.12. The fraction of sp³-hybridized carbons (Fsp3) is 0.333. The van der Waals surface area contributed by atoms with Crippen molar-refractivity contribution in [3.63, 3.8) is 0 Å². The van der Waals surface area contributed by atoms with Gasteiger partial charge in [0, 0.05) is 22.6 Å². The van der Waals surface area contributed by atoms with Crippen molar-refractivity contribution in [3.8, 4) is 0 Å². The average molecular weight is 257 g/mol. The van der Waals surface area contributed by atoms with Crippen molar-refractivity contribution < 1.29 is 19.8 Å². The second-order valence-corrected chi connectivity index (χ2v) is 3.95. The monoisotopic (exact) mass is 256 g/mol. The number of alkyl halides is 1. The summed E-state index contributed by atoms with van der Waals surface area (Å²) in [7, 11) is 0. The molecule has 17 heavy (non-hydrogen) atoms. The first-order valence-corrected chi connectivity index (χ1v) is 5.64. The van der Waals surface area contributed by atoms with Gasteiger partial charge < -0.3 is 10.2 Å². The molecule has 2 unspecified atom stereocenters. The molecule has 4 nitrogen and oxygen atoms in total. The van der Waals surface area contributed by atoms with E-state index in [0.717, 1.165) is 0 Å². The molecule has 0 fully saturated rings. The van der Waals surface area contributed by atoms with E-state index < -0.39 is 12.2 Å². The van der Waals surface area contributed by atoms with Crippen LogP contribution in [0.5, 0.6) is 0 Å². The molecule has 0 aromatic heterocycles. The number of benzene rings is 1. The largest absolute Gasteiger partial charge is 0.390 e. The van der Waals surface area contributed by atoms with Gasteiger partial charge in [-0.2, -0.15) is 0 Å². The summed E-state index contributed by atoms with van der Waals surface area (Å²) in [4.78, 5) is 21.7. The fourth-order valence-corrected chi connectivity index (χ4v) is 1.83. The molecule has 1 aromatic carbocycles. The van der Waals surface area contributed by atoms with E-state index in [1.54, 1.807) is 0 Å². The SMILES string of the molecule is O=Cc1cccc(C=O)c1C(O)C(O)CCCl. The Labute approximate surface area is 104 Å². The zero-order valence-corrected chi connectivity index (χ0v) is 9.80. The number of aldehydes is 2. The predicted octanol–water partition coefficient (Wildman–Crippen LogP) is 1.33. The minimum atomic E-state index is -1.30. The number of aliphatic hydroxyl groups is 2. The Bertz CT molecular complexity index is 379. The van der Waals surface area contributed by atoms with Crippen LogP contribution in [0, 0.1) is 0 Å². The maximum absolute atomic E-state index is 10.8. The molecule has 0 spiro atoms. The van der Waals surface area contributed by atoms with Gasteiger partial charge in [-0.1, -0.05) is 18.2 Å². The van der Waals surface area contributed by atoms with Gasteiger partial charge in [-0.25, -0.2) is 0 Å². The highest BCUT2D eigenvalue weighted by Gasteiger charge is 2.23. The van der Waals surface area contributed by atoms with Gasteiger partial charge in [0.1, 0.15) is 18.7 Å². The first-order chi connectivity index (χ1) is 8.15. The molecule has 0 radical (unpaired) electrons. The molecule has 0 saturated heterocycles. The van der Waals surface area contributed by atoms with E-state index in [1.807, 2.05) is 0 Å². The van der Waals surface area contributed by atoms with Crippen molar-refractivity contribution in [3.05, 3.63) is 34.9 Å². The highest BCUT2D eigenvalue weighted by molar-refractivity contribution is 6.17. The Balaban J connectivity index is 3.17. The van der Waals surface area contributed by atoms with Crippen LogP contribution in [-0.4, -0.2) is 34.8 Å². The van der Waals surface area contributed by atoms with Gasteiger partial charge in [0.05, 0.1) is 6.10 Å². The maximum atomic E-state index is 10.8. The van der Waals surface area contributed by atoms with E-state index in [4.69, 9.17) is 11.6 Å². The van der Waals surface area contributed by atoms with Crippen LogP contribution in [0.1, 0.15) is 38.8 Å². The van der Waals surface area contributed by atoms with Crippen molar-refractivity contribution in [1.29, 1.82) is 0 Å². The van der Waals surface area contributed by atoms with Crippen molar-refractivity contribution >= 4 is 24.2 Å². The number of hydrogen-bond donors (Lipinski definition) is 2. The zero-order valence-electron chi connectivity index (χ0n) is 9.04. The summed E-state index contributed by atoms with van der Waals surface area (Å²) in [5.74, 6) is 0.178. The van der Waals surface area contributed by atoms with Crippen LogP contribution in [0.4, 0.5) is 0 Å². The number of carbonyl (C=O) groups is 2. The molecule has 0 bridgehead atoms. The molecule has 92 valence electrons. The molecule has 0 heterocycles. The summed E-state index contributed by atoms with van der Waals surface area (Å²) in [5, 5.41) is 19.6. The van der Waals surface area contributed by atoms with Crippen LogP contribution in [0.3, 0.4) is 0 Å². The van der Waals surface area contributed by atoms with Crippen LogP contribution in [0.2, 0.25) is 0 Å². The minimum Gasteiger partial charge on any atom is -0.390 e. The number of aliphatic hydroxyl groups excluding tert-OH is 2. The van der Waals surface area contributed by atoms with Crippen LogP contribution >= 0.6 is 11.6 Å². The number of hydrogen-bond acceptors (Lipinski definition) is 4. The summed E-state index contributed by atoms with van der Waals surface area (Å²) in [6.07, 6.45) is -1.14. The van der Waals surface area contributed by atoms with E-state index in [-0.39, 0.29) is 29.0 Å². The Morgan fingerprint density at radius 2 is 1.71 bits per heavy atom. The standard InChI is InChI=1S/C12H13ClO4/c13-5-4-10(16)12(17)11-8(6-14)2-1-3-9(11)7-15/h1-3,6-7,10,12,16-17H,4-5H2. The highest BCUT2D eigenvalue weighted by Crippen LogP contribution is 2.25. The van der Waals surface area contributed by atoms with E-state index in [1.165, 1.54) is 18.2 Å². The Morgan fingerprint density at radius 1 is 1.18 bits per heavy atom. The fourth-order valence-electron chi connectivity index (χ4n) is 1.61. The van der Waals surface area contributed by atoms with Crippen molar-refractivity contribution in [2.24, 2.45) is 0 Å².